The van der Waals surface area contributed by atoms with Crippen molar-refractivity contribution in [2.75, 3.05) is 0 Å². The van der Waals surface area contributed by atoms with Crippen molar-refractivity contribution < 1.29 is 4.42 Å². The van der Waals surface area contributed by atoms with E-state index in [-0.39, 0.29) is 0 Å². The second-order valence-electron chi connectivity index (χ2n) is 5.01. The summed E-state index contributed by atoms with van der Waals surface area (Å²) < 4.78 is 5.32. The Hall–Kier alpha value is -0.720. The van der Waals surface area contributed by atoms with Crippen LogP contribution < -0.4 is 0 Å². The van der Waals surface area contributed by atoms with E-state index in [1.807, 2.05) is 33.8 Å². The van der Waals surface area contributed by atoms with E-state index in [9.17, 15) is 0 Å². The van der Waals surface area contributed by atoms with Gasteiger partial charge >= 0.3 is 0 Å². The second kappa shape index (κ2) is 21.6. The Bertz CT molecular complexity index is 238. The summed E-state index contributed by atoms with van der Waals surface area (Å²) in [7, 11) is 0. The maximum absolute atomic E-state index is 5.32. The number of hydrogen-bond donors (Lipinski definition) is 0. The molecule has 0 saturated carbocycles. The number of unbranched alkanes of at least 4 members (excludes halogenated alkanes) is 9. The normalized spacial score (nSPS) is 9.38. The number of aryl methyl sites for hydroxylation is 1. The average molecular weight is 297 g/mol. The molecule has 1 heteroatoms. The van der Waals surface area contributed by atoms with Gasteiger partial charge in [0.1, 0.15) is 5.76 Å². The summed E-state index contributed by atoms with van der Waals surface area (Å²) in [6, 6.07) is 4.05. The van der Waals surface area contributed by atoms with Gasteiger partial charge in [0.05, 0.1) is 6.26 Å². The van der Waals surface area contributed by atoms with Crippen LogP contribution in [0.5, 0.6) is 0 Å². The van der Waals surface area contributed by atoms with Gasteiger partial charge in [0, 0.05) is 6.42 Å². The van der Waals surface area contributed by atoms with Crippen LogP contribution >= 0.6 is 0 Å². The molecule has 0 fully saturated rings. The van der Waals surface area contributed by atoms with Crippen molar-refractivity contribution in [3.8, 4) is 0 Å². The SMILES string of the molecule is CC.CC.CCCCCCCCCCCCc1ccco1. The molecule has 0 aromatic carbocycles. The molecule has 1 nitrogen and oxygen atoms in total. The molecule has 0 atom stereocenters. The maximum atomic E-state index is 5.32. The Morgan fingerprint density at radius 1 is 0.714 bits per heavy atom. The third-order valence-electron chi connectivity index (χ3n) is 3.36. The van der Waals surface area contributed by atoms with E-state index >= 15 is 0 Å². The largest absolute Gasteiger partial charge is 0.469 e. The minimum absolute atomic E-state index is 1.11. The monoisotopic (exact) mass is 296 g/mol. The van der Waals surface area contributed by atoms with E-state index < -0.39 is 0 Å². The zero-order valence-electron chi connectivity index (χ0n) is 15.4. The Kier molecular flexibility index (Phi) is 23.2. The number of hydrogen-bond acceptors (Lipinski definition) is 1. The molecule has 1 aromatic heterocycles. The lowest BCUT2D eigenvalue weighted by Crippen LogP contribution is -1.84. The standard InChI is InChI=1S/C16H28O.2C2H6/c1-2-3-4-5-6-7-8-9-10-11-13-16-14-12-15-17-16;2*1-2/h12,14-15H,2-11,13H2,1H3;2*1-2H3. The Morgan fingerprint density at radius 2 is 1.19 bits per heavy atom. The fraction of sp³-hybridized carbons (Fsp3) is 0.800. The summed E-state index contributed by atoms with van der Waals surface area (Å²) >= 11 is 0. The Morgan fingerprint density at radius 3 is 1.62 bits per heavy atom. The predicted molar refractivity (Wildman–Crippen MR) is 97.0 cm³/mol. The van der Waals surface area contributed by atoms with Crippen LogP contribution in [0.2, 0.25) is 0 Å². The van der Waals surface area contributed by atoms with Crippen molar-refractivity contribution in [2.24, 2.45) is 0 Å². The van der Waals surface area contributed by atoms with Crippen molar-refractivity contribution in [1.82, 2.24) is 0 Å². The topological polar surface area (TPSA) is 13.1 Å². The molecule has 1 rings (SSSR count). The minimum Gasteiger partial charge on any atom is -0.469 e. The smallest absolute Gasteiger partial charge is 0.103 e. The van der Waals surface area contributed by atoms with E-state index in [1.165, 1.54) is 64.2 Å². The molecule has 0 aliphatic rings. The summed E-state index contributed by atoms with van der Waals surface area (Å²) in [6.45, 7) is 10.3. The third kappa shape index (κ3) is 17.2. The summed E-state index contributed by atoms with van der Waals surface area (Å²) in [5.74, 6) is 1.14. The summed E-state index contributed by atoms with van der Waals surface area (Å²) in [4.78, 5) is 0. The van der Waals surface area contributed by atoms with Crippen LogP contribution in [0.1, 0.15) is 105 Å². The van der Waals surface area contributed by atoms with Gasteiger partial charge in [-0.05, 0) is 18.6 Å². The van der Waals surface area contributed by atoms with Crippen molar-refractivity contribution in [3.05, 3.63) is 24.2 Å². The molecule has 0 unspecified atom stereocenters. The minimum atomic E-state index is 1.11. The lowest BCUT2D eigenvalue weighted by atomic mass is 10.1. The van der Waals surface area contributed by atoms with Gasteiger partial charge in [-0.1, -0.05) is 92.4 Å². The van der Waals surface area contributed by atoms with Gasteiger partial charge in [-0.2, -0.15) is 0 Å². The van der Waals surface area contributed by atoms with Gasteiger partial charge in [-0.15, -0.1) is 0 Å². The zero-order valence-corrected chi connectivity index (χ0v) is 15.4. The molecule has 21 heavy (non-hydrogen) atoms. The first-order chi connectivity index (χ1) is 10.4. The molecule has 1 heterocycles. The maximum Gasteiger partial charge on any atom is 0.103 e. The van der Waals surface area contributed by atoms with Crippen molar-refractivity contribution in [1.29, 1.82) is 0 Å². The molecule has 0 bridgehead atoms. The molecule has 126 valence electrons. The Labute approximate surface area is 134 Å². The zero-order chi connectivity index (χ0) is 16.2. The highest BCUT2D eigenvalue weighted by Gasteiger charge is 1.96. The molecule has 0 amide bonds. The van der Waals surface area contributed by atoms with Crippen LogP contribution in [0, 0.1) is 0 Å². The molecular formula is C20H40O. The second-order valence-corrected chi connectivity index (χ2v) is 5.01. The van der Waals surface area contributed by atoms with E-state index in [0.717, 1.165) is 12.2 Å². The van der Waals surface area contributed by atoms with E-state index in [0.29, 0.717) is 0 Å². The fourth-order valence-electron chi connectivity index (χ4n) is 2.24. The van der Waals surface area contributed by atoms with Crippen molar-refractivity contribution in [3.63, 3.8) is 0 Å². The van der Waals surface area contributed by atoms with Gasteiger partial charge in [0.2, 0.25) is 0 Å². The fourth-order valence-corrected chi connectivity index (χ4v) is 2.24. The van der Waals surface area contributed by atoms with Gasteiger partial charge in [-0.3, -0.25) is 0 Å². The molecular weight excluding hydrogens is 256 g/mol. The molecule has 0 N–H and O–H groups in total. The third-order valence-corrected chi connectivity index (χ3v) is 3.36. The van der Waals surface area contributed by atoms with Crippen LogP contribution in [0.25, 0.3) is 0 Å². The van der Waals surface area contributed by atoms with Crippen LogP contribution in [0.3, 0.4) is 0 Å². The van der Waals surface area contributed by atoms with Crippen LogP contribution in [-0.4, -0.2) is 0 Å². The molecule has 0 spiro atoms. The van der Waals surface area contributed by atoms with Gasteiger partial charge < -0.3 is 4.42 Å². The van der Waals surface area contributed by atoms with Crippen molar-refractivity contribution >= 4 is 0 Å². The average Bonchev–Trinajstić information content (AvgIpc) is 3.06. The highest BCUT2D eigenvalue weighted by atomic mass is 16.3. The first-order valence-corrected chi connectivity index (χ1v) is 9.46. The van der Waals surface area contributed by atoms with E-state index in [2.05, 4.69) is 13.0 Å². The van der Waals surface area contributed by atoms with E-state index in [4.69, 9.17) is 4.42 Å². The summed E-state index contributed by atoms with van der Waals surface area (Å²) in [5, 5.41) is 0. The van der Waals surface area contributed by atoms with Crippen LogP contribution in [-0.2, 0) is 6.42 Å². The van der Waals surface area contributed by atoms with Gasteiger partial charge in [0.15, 0.2) is 0 Å². The summed E-state index contributed by atoms with van der Waals surface area (Å²) in [5.41, 5.74) is 0. The van der Waals surface area contributed by atoms with Gasteiger partial charge in [-0.25, -0.2) is 0 Å². The molecule has 0 aliphatic carbocycles. The lowest BCUT2D eigenvalue weighted by molar-refractivity contribution is 0.489. The molecule has 0 radical (unpaired) electrons. The summed E-state index contributed by atoms with van der Waals surface area (Å²) in [6.07, 6.45) is 16.9. The van der Waals surface area contributed by atoms with E-state index in [1.54, 1.807) is 6.26 Å². The van der Waals surface area contributed by atoms with Crippen LogP contribution in [0.15, 0.2) is 22.8 Å². The first kappa shape index (κ1) is 22.6. The first-order valence-electron chi connectivity index (χ1n) is 9.46. The lowest BCUT2D eigenvalue weighted by Gasteiger charge is -2.01. The van der Waals surface area contributed by atoms with Crippen molar-refractivity contribution in [2.45, 2.75) is 105 Å². The quantitative estimate of drug-likeness (QED) is 0.380. The predicted octanol–water partition coefficient (Wildman–Crippen LogP) is 7.80. The molecule has 0 aliphatic heterocycles. The Balaban J connectivity index is 0. The highest BCUT2D eigenvalue weighted by molar-refractivity contribution is 4.97. The van der Waals surface area contributed by atoms with Gasteiger partial charge in [0.25, 0.3) is 0 Å². The number of rotatable bonds is 11. The molecule has 0 saturated heterocycles. The van der Waals surface area contributed by atoms with Crippen LogP contribution in [0.4, 0.5) is 0 Å². The number of furan rings is 1. The highest BCUT2D eigenvalue weighted by Crippen LogP contribution is 2.12. The molecule has 1 aromatic rings.